The molecule has 1 aliphatic carbocycles. The molecule has 0 saturated heterocycles. The van der Waals surface area contributed by atoms with E-state index in [-0.39, 0.29) is 6.10 Å². The minimum absolute atomic E-state index is 0.288. The molecule has 1 fully saturated rings. The third kappa shape index (κ3) is 2.16. The molecule has 4 rings (SSSR count). The van der Waals surface area contributed by atoms with Crippen LogP contribution in [0.2, 0.25) is 0 Å². The maximum Gasteiger partial charge on any atom is 0.152 e. The van der Waals surface area contributed by atoms with Crippen molar-refractivity contribution in [2.24, 2.45) is 5.92 Å². The molecule has 20 heavy (non-hydrogen) atoms. The average molecular weight is 272 g/mol. The van der Waals surface area contributed by atoms with Gasteiger partial charge < -0.3 is 14.2 Å². The Morgan fingerprint density at radius 1 is 1.30 bits per heavy atom. The molecule has 5 nitrogen and oxygen atoms in total. The summed E-state index contributed by atoms with van der Waals surface area (Å²) < 4.78 is 4.35. The maximum atomic E-state index is 10.1. The summed E-state index contributed by atoms with van der Waals surface area (Å²) in [5, 5.41) is 18.8. The lowest BCUT2D eigenvalue weighted by Gasteiger charge is -2.14. The molecule has 1 atom stereocenters. The van der Waals surface area contributed by atoms with Gasteiger partial charge >= 0.3 is 0 Å². The lowest BCUT2D eigenvalue weighted by molar-refractivity contribution is 0.154. The van der Waals surface area contributed by atoms with E-state index in [9.17, 15) is 5.11 Å². The molecule has 0 aromatic carbocycles. The number of aliphatic hydroxyl groups excluding tert-OH is 1. The van der Waals surface area contributed by atoms with Crippen molar-refractivity contribution in [2.45, 2.75) is 51.3 Å². The van der Waals surface area contributed by atoms with Crippen LogP contribution < -0.4 is 0 Å². The summed E-state index contributed by atoms with van der Waals surface area (Å²) in [4.78, 5) is 0. The van der Waals surface area contributed by atoms with Crippen LogP contribution in [0.4, 0.5) is 0 Å². The highest BCUT2D eigenvalue weighted by molar-refractivity contribution is 5.17. The van der Waals surface area contributed by atoms with Crippen LogP contribution in [-0.2, 0) is 19.5 Å². The molecule has 2 aromatic heterocycles. The van der Waals surface area contributed by atoms with Gasteiger partial charge in [-0.25, -0.2) is 0 Å². The van der Waals surface area contributed by atoms with Gasteiger partial charge in [0.15, 0.2) is 5.82 Å². The van der Waals surface area contributed by atoms with E-state index in [4.69, 9.17) is 0 Å². The fourth-order valence-corrected chi connectivity index (χ4v) is 3.07. The molecule has 3 heterocycles. The topological polar surface area (TPSA) is 55.9 Å². The standard InChI is InChI=1S/C15H20N4O/c20-15(11-4-5-11)12-6-8-18(9-12)10-14-17-16-13-3-1-2-7-19(13)14/h6,8-9,11,15,20H,1-5,7,10H2. The zero-order chi connectivity index (χ0) is 13.5. The van der Waals surface area contributed by atoms with Crippen molar-refractivity contribution in [3.63, 3.8) is 0 Å². The van der Waals surface area contributed by atoms with Crippen LogP contribution >= 0.6 is 0 Å². The Labute approximate surface area is 118 Å². The van der Waals surface area contributed by atoms with Crippen molar-refractivity contribution in [3.8, 4) is 0 Å². The molecule has 5 heteroatoms. The zero-order valence-corrected chi connectivity index (χ0v) is 11.6. The van der Waals surface area contributed by atoms with Gasteiger partial charge in [0.25, 0.3) is 0 Å². The Morgan fingerprint density at radius 2 is 2.20 bits per heavy atom. The van der Waals surface area contributed by atoms with Crippen molar-refractivity contribution in [2.75, 3.05) is 0 Å². The fourth-order valence-electron chi connectivity index (χ4n) is 3.07. The van der Waals surface area contributed by atoms with Gasteiger partial charge in [-0.2, -0.15) is 0 Å². The Balaban J connectivity index is 1.52. The van der Waals surface area contributed by atoms with E-state index >= 15 is 0 Å². The molecular weight excluding hydrogens is 252 g/mol. The van der Waals surface area contributed by atoms with Crippen molar-refractivity contribution in [3.05, 3.63) is 35.7 Å². The van der Waals surface area contributed by atoms with Crippen LogP contribution in [0.15, 0.2) is 18.5 Å². The predicted octanol–water partition coefficient (Wildman–Crippen LogP) is 1.91. The lowest BCUT2D eigenvalue weighted by atomic mass is 10.1. The highest BCUT2D eigenvalue weighted by Gasteiger charge is 2.31. The zero-order valence-electron chi connectivity index (χ0n) is 11.6. The number of hydrogen-bond donors (Lipinski definition) is 1. The third-order valence-electron chi connectivity index (χ3n) is 4.44. The Bertz CT molecular complexity index is 611. The summed E-state index contributed by atoms with van der Waals surface area (Å²) in [5.41, 5.74) is 1.03. The summed E-state index contributed by atoms with van der Waals surface area (Å²) in [6.07, 6.45) is 9.59. The fraction of sp³-hybridized carbons (Fsp3) is 0.600. The second-order valence-corrected chi connectivity index (χ2v) is 6.04. The van der Waals surface area contributed by atoms with E-state index in [0.717, 1.165) is 49.6 Å². The van der Waals surface area contributed by atoms with Gasteiger partial charge in [0, 0.05) is 25.4 Å². The lowest BCUT2D eigenvalue weighted by Crippen LogP contribution is -2.14. The molecule has 106 valence electrons. The summed E-state index contributed by atoms with van der Waals surface area (Å²) >= 11 is 0. The Morgan fingerprint density at radius 3 is 3.05 bits per heavy atom. The molecule has 1 aliphatic heterocycles. The first kappa shape index (κ1) is 12.1. The minimum atomic E-state index is -0.288. The number of aryl methyl sites for hydroxylation is 1. The second kappa shape index (κ2) is 4.74. The third-order valence-corrected chi connectivity index (χ3v) is 4.44. The normalized spacial score (nSPS) is 19.9. The average Bonchev–Trinajstić information content (AvgIpc) is 3.10. The minimum Gasteiger partial charge on any atom is -0.388 e. The quantitative estimate of drug-likeness (QED) is 0.925. The summed E-state index contributed by atoms with van der Waals surface area (Å²) in [5.74, 6) is 2.63. The first-order valence-corrected chi connectivity index (χ1v) is 7.56. The number of nitrogens with zero attached hydrogens (tertiary/aromatic N) is 4. The van der Waals surface area contributed by atoms with E-state index in [0.29, 0.717) is 5.92 Å². The summed E-state index contributed by atoms with van der Waals surface area (Å²) in [7, 11) is 0. The molecule has 1 unspecified atom stereocenters. The van der Waals surface area contributed by atoms with Gasteiger partial charge in [0.2, 0.25) is 0 Å². The molecule has 0 spiro atoms. The van der Waals surface area contributed by atoms with Crippen LogP contribution in [0.25, 0.3) is 0 Å². The SMILES string of the molecule is OC(c1ccn(Cc2nnc3n2CCCC3)c1)C1CC1. The summed E-state index contributed by atoms with van der Waals surface area (Å²) in [6, 6.07) is 2.02. The van der Waals surface area contributed by atoms with E-state index in [1.54, 1.807) is 0 Å². The van der Waals surface area contributed by atoms with Gasteiger partial charge in [-0.3, -0.25) is 0 Å². The highest BCUT2D eigenvalue weighted by atomic mass is 16.3. The molecule has 2 aliphatic rings. The number of aromatic nitrogens is 4. The van der Waals surface area contributed by atoms with Crippen LogP contribution in [0.3, 0.4) is 0 Å². The van der Waals surface area contributed by atoms with Crippen LogP contribution in [0.1, 0.15) is 49.0 Å². The van der Waals surface area contributed by atoms with Crippen molar-refractivity contribution >= 4 is 0 Å². The van der Waals surface area contributed by atoms with Gasteiger partial charge in [-0.1, -0.05) is 0 Å². The number of aliphatic hydroxyl groups is 1. The Kier molecular flexibility index (Phi) is 2.88. The van der Waals surface area contributed by atoms with E-state index in [1.807, 2.05) is 18.5 Å². The highest BCUT2D eigenvalue weighted by Crippen LogP contribution is 2.40. The molecule has 0 radical (unpaired) electrons. The first-order chi connectivity index (χ1) is 9.81. The Hall–Kier alpha value is -1.62. The predicted molar refractivity (Wildman–Crippen MR) is 74.2 cm³/mol. The maximum absolute atomic E-state index is 10.1. The van der Waals surface area contributed by atoms with Gasteiger partial charge in [0.1, 0.15) is 5.82 Å². The number of hydrogen-bond acceptors (Lipinski definition) is 3. The largest absolute Gasteiger partial charge is 0.388 e. The molecule has 1 saturated carbocycles. The van der Waals surface area contributed by atoms with Gasteiger partial charge in [0.05, 0.1) is 12.6 Å². The van der Waals surface area contributed by atoms with Crippen molar-refractivity contribution in [1.82, 2.24) is 19.3 Å². The van der Waals surface area contributed by atoms with E-state index in [1.165, 1.54) is 12.8 Å². The monoisotopic (exact) mass is 272 g/mol. The van der Waals surface area contributed by atoms with E-state index in [2.05, 4.69) is 19.3 Å². The van der Waals surface area contributed by atoms with Gasteiger partial charge in [-0.15, -0.1) is 10.2 Å². The van der Waals surface area contributed by atoms with Crippen LogP contribution in [-0.4, -0.2) is 24.4 Å². The molecule has 0 amide bonds. The van der Waals surface area contributed by atoms with Crippen molar-refractivity contribution < 1.29 is 5.11 Å². The van der Waals surface area contributed by atoms with Crippen LogP contribution in [0.5, 0.6) is 0 Å². The molecule has 2 aromatic rings. The van der Waals surface area contributed by atoms with E-state index < -0.39 is 0 Å². The summed E-state index contributed by atoms with van der Waals surface area (Å²) in [6.45, 7) is 1.78. The van der Waals surface area contributed by atoms with Crippen molar-refractivity contribution in [1.29, 1.82) is 0 Å². The molecule has 0 bridgehead atoms. The second-order valence-electron chi connectivity index (χ2n) is 6.04. The number of fused-ring (bicyclic) bond motifs is 1. The van der Waals surface area contributed by atoms with Gasteiger partial charge in [-0.05, 0) is 43.2 Å². The van der Waals surface area contributed by atoms with Crippen LogP contribution in [0, 0.1) is 5.92 Å². The number of rotatable bonds is 4. The molecule has 1 N–H and O–H groups in total. The molecular formula is C15H20N4O. The smallest absolute Gasteiger partial charge is 0.152 e. The first-order valence-electron chi connectivity index (χ1n) is 7.56.